The zero-order valence-electron chi connectivity index (χ0n) is 33.4. The number of rotatable bonds is 8. The van der Waals surface area contributed by atoms with Crippen LogP contribution in [-0.4, -0.2) is 45.1 Å². The van der Waals surface area contributed by atoms with Crippen molar-refractivity contribution >= 4 is 50.8 Å². The minimum absolute atomic E-state index is 0.177. The van der Waals surface area contributed by atoms with E-state index in [0.717, 1.165) is 22.5 Å². The molecule has 4 aromatic carbocycles. The van der Waals surface area contributed by atoms with E-state index in [1.807, 2.05) is 36.9 Å². The molecule has 0 atom stereocenters. The van der Waals surface area contributed by atoms with E-state index in [0.29, 0.717) is 30.8 Å². The Morgan fingerprint density at radius 3 is 1.59 bits per heavy atom. The number of anilines is 1. The number of hydrogen-bond acceptors (Lipinski definition) is 9. The Morgan fingerprint density at radius 2 is 1.07 bits per heavy atom. The van der Waals surface area contributed by atoms with E-state index in [9.17, 15) is 9.59 Å². The molecular weight excluding hydrogens is 758 g/mol. The number of carbonyl (C=O) groups is 2. The summed E-state index contributed by atoms with van der Waals surface area (Å²) in [6.45, 7) is 8.44. The van der Waals surface area contributed by atoms with Gasteiger partial charge in [0.2, 0.25) is 0 Å². The number of halogens is 1. The van der Waals surface area contributed by atoms with Crippen LogP contribution in [0.3, 0.4) is 0 Å². The molecule has 4 heterocycles. The molecular formula is C49H44ClN5O4. The van der Waals surface area contributed by atoms with Gasteiger partial charge in [-0.25, -0.2) is 14.6 Å². The van der Waals surface area contributed by atoms with Gasteiger partial charge in [0.05, 0.1) is 30.0 Å². The smallest absolute Gasteiger partial charge is 0.341 e. The van der Waals surface area contributed by atoms with Crippen LogP contribution in [0, 0.1) is 13.8 Å². The lowest BCUT2D eigenvalue weighted by Gasteiger charge is -2.11. The monoisotopic (exact) mass is 801 g/mol. The highest BCUT2D eigenvalue weighted by Gasteiger charge is 2.14. The fraction of sp³-hybridized carbons (Fsp3) is 0.143. The molecule has 0 bridgehead atoms. The van der Waals surface area contributed by atoms with Gasteiger partial charge in [-0.3, -0.25) is 15.0 Å². The Balaban J connectivity index is 0.000000165. The van der Waals surface area contributed by atoms with Gasteiger partial charge in [-0.05, 0) is 126 Å². The van der Waals surface area contributed by atoms with Crippen molar-refractivity contribution in [1.82, 2.24) is 19.9 Å². The SMILES string of the molecule is CCOC(=O)c1cccnc1Cc1ccc(-c2ccc(C)c3cnccc23)cc1.CCOC(=O)c1cccnc1Cl.Cc1ccc(-c2ccc(N)cc2)c2ccncc12. The summed E-state index contributed by atoms with van der Waals surface area (Å²) in [5.74, 6) is -0.762. The molecule has 8 aromatic rings. The molecule has 0 saturated heterocycles. The number of nitrogens with zero attached hydrogens (tertiary/aromatic N) is 4. The summed E-state index contributed by atoms with van der Waals surface area (Å²) in [5.41, 5.74) is 16.4. The highest BCUT2D eigenvalue weighted by Crippen LogP contribution is 2.32. The fourth-order valence-corrected chi connectivity index (χ4v) is 6.74. The molecule has 0 amide bonds. The third kappa shape index (κ3) is 10.3. The predicted octanol–water partition coefficient (Wildman–Crippen LogP) is 11.1. The number of esters is 2. The van der Waals surface area contributed by atoms with Gasteiger partial charge in [0, 0.05) is 60.1 Å². The molecule has 0 spiro atoms. The highest BCUT2D eigenvalue weighted by atomic mass is 35.5. The van der Waals surface area contributed by atoms with E-state index in [-0.39, 0.29) is 11.1 Å². The maximum atomic E-state index is 12.2. The van der Waals surface area contributed by atoms with E-state index in [2.05, 4.69) is 107 Å². The molecule has 59 heavy (non-hydrogen) atoms. The van der Waals surface area contributed by atoms with Crippen LogP contribution >= 0.6 is 11.6 Å². The molecule has 0 aliphatic carbocycles. The van der Waals surface area contributed by atoms with Crippen LogP contribution in [0.15, 0.2) is 146 Å². The lowest BCUT2D eigenvalue weighted by Crippen LogP contribution is -2.09. The van der Waals surface area contributed by atoms with Gasteiger partial charge < -0.3 is 15.2 Å². The van der Waals surface area contributed by atoms with Gasteiger partial charge in [0.15, 0.2) is 0 Å². The Kier molecular flexibility index (Phi) is 14.1. The van der Waals surface area contributed by atoms with E-state index < -0.39 is 5.97 Å². The van der Waals surface area contributed by atoms with E-state index in [4.69, 9.17) is 26.8 Å². The van der Waals surface area contributed by atoms with Gasteiger partial charge in [-0.15, -0.1) is 0 Å². The fourth-order valence-electron chi connectivity index (χ4n) is 6.55. The second kappa shape index (κ2) is 19.9. The summed E-state index contributed by atoms with van der Waals surface area (Å²) >= 11 is 5.64. The van der Waals surface area contributed by atoms with Crippen LogP contribution in [-0.2, 0) is 15.9 Å². The zero-order chi connectivity index (χ0) is 41.7. The number of benzene rings is 4. The summed E-state index contributed by atoms with van der Waals surface area (Å²) in [7, 11) is 0. The molecule has 10 heteroatoms. The van der Waals surface area contributed by atoms with Crippen molar-refractivity contribution in [2.24, 2.45) is 0 Å². The van der Waals surface area contributed by atoms with Crippen molar-refractivity contribution < 1.29 is 19.1 Å². The summed E-state index contributed by atoms with van der Waals surface area (Å²) in [5, 5.41) is 4.97. The molecule has 8 rings (SSSR count). The van der Waals surface area contributed by atoms with Crippen molar-refractivity contribution in [1.29, 1.82) is 0 Å². The van der Waals surface area contributed by atoms with Crippen LogP contribution in [0.25, 0.3) is 43.8 Å². The number of carbonyl (C=O) groups excluding carboxylic acids is 2. The number of aryl methyl sites for hydroxylation is 2. The average molecular weight is 802 g/mol. The second-order valence-electron chi connectivity index (χ2n) is 13.5. The third-order valence-corrected chi connectivity index (χ3v) is 9.87. The van der Waals surface area contributed by atoms with E-state index in [1.165, 1.54) is 55.6 Å². The maximum Gasteiger partial charge on any atom is 0.341 e. The van der Waals surface area contributed by atoms with Crippen LogP contribution in [0.4, 0.5) is 5.69 Å². The molecule has 0 fully saturated rings. The quantitative estimate of drug-likeness (QED) is 0.0906. The lowest BCUT2D eigenvalue weighted by atomic mass is 9.95. The summed E-state index contributed by atoms with van der Waals surface area (Å²) in [4.78, 5) is 39.9. The first-order valence-corrected chi connectivity index (χ1v) is 19.6. The summed E-state index contributed by atoms with van der Waals surface area (Å²) in [6.07, 6.45) is 11.3. The Morgan fingerprint density at radius 1 is 0.576 bits per heavy atom. The van der Waals surface area contributed by atoms with Gasteiger partial charge >= 0.3 is 11.9 Å². The van der Waals surface area contributed by atoms with Crippen molar-refractivity contribution in [3.63, 3.8) is 0 Å². The molecule has 0 saturated carbocycles. The largest absolute Gasteiger partial charge is 0.462 e. The van der Waals surface area contributed by atoms with Crippen LogP contribution < -0.4 is 5.73 Å². The molecule has 0 radical (unpaired) electrons. The van der Waals surface area contributed by atoms with Crippen molar-refractivity contribution in [3.8, 4) is 22.3 Å². The first-order chi connectivity index (χ1) is 28.7. The number of fused-ring (bicyclic) bond motifs is 2. The molecule has 0 aliphatic heterocycles. The van der Waals surface area contributed by atoms with Crippen molar-refractivity contribution in [2.75, 3.05) is 18.9 Å². The second-order valence-corrected chi connectivity index (χ2v) is 13.8. The number of nitrogen functional groups attached to an aromatic ring is 1. The van der Waals surface area contributed by atoms with Gasteiger partial charge in [0.1, 0.15) is 5.15 Å². The number of aromatic nitrogens is 4. The maximum absolute atomic E-state index is 12.2. The Labute approximate surface area is 348 Å². The molecule has 0 unspecified atom stereocenters. The van der Waals surface area contributed by atoms with Crippen LogP contribution in [0.2, 0.25) is 5.15 Å². The van der Waals surface area contributed by atoms with Crippen LogP contribution in [0.5, 0.6) is 0 Å². The minimum Gasteiger partial charge on any atom is -0.462 e. The molecule has 4 aromatic heterocycles. The number of nitrogens with two attached hydrogens (primary N) is 1. The topological polar surface area (TPSA) is 130 Å². The molecule has 296 valence electrons. The summed E-state index contributed by atoms with van der Waals surface area (Å²) < 4.78 is 9.90. The van der Waals surface area contributed by atoms with E-state index >= 15 is 0 Å². The van der Waals surface area contributed by atoms with Crippen molar-refractivity contribution in [2.45, 2.75) is 34.1 Å². The van der Waals surface area contributed by atoms with Gasteiger partial charge in [0.25, 0.3) is 0 Å². The first kappa shape index (κ1) is 41.7. The van der Waals surface area contributed by atoms with Gasteiger partial charge in [-0.1, -0.05) is 72.3 Å². The molecule has 2 N–H and O–H groups in total. The lowest BCUT2D eigenvalue weighted by molar-refractivity contribution is 0.0515. The summed E-state index contributed by atoms with van der Waals surface area (Å²) in [6, 6.07) is 35.8. The van der Waals surface area contributed by atoms with Crippen molar-refractivity contribution in [3.05, 3.63) is 185 Å². The minimum atomic E-state index is -0.435. The Hall–Kier alpha value is -6.97. The number of hydrogen-bond donors (Lipinski definition) is 1. The average Bonchev–Trinajstić information content (AvgIpc) is 3.26. The van der Waals surface area contributed by atoms with Gasteiger partial charge in [-0.2, -0.15) is 0 Å². The predicted molar refractivity (Wildman–Crippen MR) is 236 cm³/mol. The normalized spacial score (nSPS) is 10.5. The highest BCUT2D eigenvalue weighted by molar-refractivity contribution is 6.32. The standard InChI is InChI=1S/C25H22N2O2.C16H14N2.C8H8ClNO2/c1-3-29-25(28)22-5-4-13-27-24(22)15-18-7-9-19(10-8-18)20-11-6-17(2)23-16-26-14-12-21(20)23;1-11-2-7-14(12-3-5-13(17)6-4-12)15-8-9-18-10-16(11)15;1-2-12-8(11)6-4-3-5-10-7(6)9/h4-14,16H,3,15H2,1-2H3;2-10H,17H2,1H3;3-5H,2H2,1H3. The number of pyridine rings is 4. The van der Waals surface area contributed by atoms with E-state index in [1.54, 1.807) is 44.3 Å². The Bertz CT molecular complexity index is 2700. The third-order valence-electron chi connectivity index (χ3n) is 9.57. The number of ether oxygens (including phenoxy) is 2. The zero-order valence-corrected chi connectivity index (χ0v) is 34.1. The molecule has 9 nitrogen and oxygen atoms in total. The van der Waals surface area contributed by atoms with Crippen LogP contribution in [0.1, 0.15) is 56.9 Å². The first-order valence-electron chi connectivity index (χ1n) is 19.2. The molecule has 0 aliphatic rings.